The van der Waals surface area contributed by atoms with Crippen LogP contribution in [0.4, 0.5) is 0 Å². The maximum absolute atomic E-state index is 12.3. The van der Waals surface area contributed by atoms with Crippen LogP contribution in [-0.4, -0.2) is 43.0 Å². The van der Waals surface area contributed by atoms with Crippen molar-refractivity contribution in [3.63, 3.8) is 0 Å². The van der Waals surface area contributed by atoms with Crippen LogP contribution < -0.4 is 10.6 Å². The first kappa shape index (κ1) is 19.3. The lowest BCUT2D eigenvalue weighted by molar-refractivity contribution is -0.125. The second-order valence-corrected chi connectivity index (χ2v) is 7.26. The second-order valence-electron chi connectivity index (χ2n) is 7.26. The Bertz CT molecular complexity index is 758. The first-order valence-electron chi connectivity index (χ1n) is 9.61. The summed E-state index contributed by atoms with van der Waals surface area (Å²) < 4.78 is 0. The Morgan fingerprint density at radius 2 is 1.78 bits per heavy atom. The van der Waals surface area contributed by atoms with Gasteiger partial charge in [0, 0.05) is 32.7 Å². The molecular formula is C23H29N3O. The molecule has 1 aliphatic heterocycles. The molecule has 0 bridgehead atoms. The van der Waals surface area contributed by atoms with E-state index in [0.29, 0.717) is 6.04 Å². The number of likely N-dealkylation sites (tertiary alicyclic amines) is 1. The van der Waals surface area contributed by atoms with Crippen molar-refractivity contribution in [3.05, 3.63) is 77.4 Å². The molecule has 1 aliphatic rings. The molecule has 4 heteroatoms. The van der Waals surface area contributed by atoms with Gasteiger partial charge < -0.3 is 10.6 Å². The third kappa shape index (κ3) is 5.52. The molecular weight excluding hydrogens is 334 g/mol. The summed E-state index contributed by atoms with van der Waals surface area (Å²) in [5.41, 5.74) is 3.75. The minimum absolute atomic E-state index is 0.0777. The summed E-state index contributed by atoms with van der Waals surface area (Å²) in [5.74, 6) is 0.104. The molecule has 2 N–H and O–H groups in total. The van der Waals surface area contributed by atoms with Crippen LogP contribution in [0.3, 0.4) is 0 Å². The fraction of sp³-hybridized carbons (Fsp3) is 0.348. The van der Waals surface area contributed by atoms with E-state index in [4.69, 9.17) is 0 Å². The third-order valence-electron chi connectivity index (χ3n) is 5.06. The first-order chi connectivity index (χ1) is 13.2. The number of rotatable bonds is 7. The van der Waals surface area contributed by atoms with Crippen molar-refractivity contribution in [2.75, 3.05) is 20.1 Å². The Labute approximate surface area is 162 Å². The van der Waals surface area contributed by atoms with E-state index in [2.05, 4.69) is 64.9 Å². The molecule has 4 nitrogen and oxygen atoms in total. The van der Waals surface area contributed by atoms with E-state index in [0.717, 1.165) is 26.1 Å². The number of nitrogens with zero attached hydrogens (tertiary/aromatic N) is 1. The van der Waals surface area contributed by atoms with Gasteiger partial charge in [-0.05, 0) is 24.5 Å². The standard InChI is InChI=1S/C23H29N3O/c1-18(13-19-9-5-3-6-10-19)15-25-21-14-22(23(27)24-2)26(17-21)16-20-11-7-4-8-12-20/h3-13,21-22,25H,14-17H2,1-2H3,(H,24,27)/b18-13+/t21-,22-/m0/s1. The average molecular weight is 364 g/mol. The molecule has 142 valence electrons. The lowest BCUT2D eigenvalue weighted by Gasteiger charge is -2.22. The fourth-order valence-electron chi connectivity index (χ4n) is 3.67. The largest absolute Gasteiger partial charge is 0.358 e. The summed E-state index contributed by atoms with van der Waals surface area (Å²) in [6, 6.07) is 21.0. The Morgan fingerprint density at radius 3 is 2.44 bits per heavy atom. The normalized spacial score (nSPS) is 20.6. The molecule has 3 rings (SSSR count). The molecule has 0 unspecified atom stereocenters. The molecule has 1 heterocycles. The number of amides is 1. The molecule has 0 saturated carbocycles. The zero-order valence-corrected chi connectivity index (χ0v) is 16.2. The minimum atomic E-state index is -0.0777. The van der Waals surface area contributed by atoms with Gasteiger partial charge in [-0.3, -0.25) is 9.69 Å². The quantitative estimate of drug-likeness (QED) is 0.795. The molecule has 1 amide bonds. The van der Waals surface area contributed by atoms with E-state index in [9.17, 15) is 4.79 Å². The van der Waals surface area contributed by atoms with Crippen LogP contribution in [0.1, 0.15) is 24.5 Å². The van der Waals surface area contributed by atoms with E-state index >= 15 is 0 Å². The molecule has 27 heavy (non-hydrogen) atoms. The summed E-state index contributed by atoms with van der Waals surface area (Å²) in [4.78, 5) is 14.6. The molecule has 0 spiro atoms. The number of carbonyl (C=O) groups excluding carboxylic acids is 1. The topological polar surface area (TPSA) is 44.4 Å². The van der Waals surface area contributed by atoms with Gasteiger partial charge in [-0.15, -0.1) is 0 Å². The summed E-state index contributed by atoms with van der Waals surface area (Å²) in [6.07, 6.45) is 3.05. The van der Waals surface area contributed by atoms with Crippen LogP contribution in [0.25, 0.3) is 6.08 Å². The van der Waals surface area contributed by atoms with E-state index in [1.807, 2.05) is 24.3 Å². The van der Waals surface area contributed by atoms with Gasteiger partial charge in [-0.1, -0.05) is 72.3 Å². The Kier molecular flexibility index (Phi) is 6.80. The number of nitrogens with one attached hydrogen (secondary N) is 2. The molecule has 1 fully saturated rings. The maximum atomic E-state index is 12.3. The van der Waals surface area contributed by atoms with Gasteiger partial charge in [-0.2, -0.15) is 0 Å². The number of carbonyl (C=O) groups is 1. The second kappa shape index (κ2) is 9.49. The number of hydrogen-bond acceptors (Lipinski definition) is 3. The zero-order valence-electron chi connectivity index (χ0n) is 16.2. The monoisotopic (exact) mass is 363 g/mol. The zero-order chi connectivity index (χ0) is 19.1. The summed E-state index contributed by atoms with van der Waals surface area (Å²) >= 11 is 0. The predicted molar refractivity (Wildman–Crippen MR) is 111 cm³/mol. The molecule has 0 aromatic heterocycles. The summed E-state index contributed by atoms with van der Waals surface area (Å²) in [6.45, 7) is 4.66. The Morgan fingerprint density at radius 1 is 1.11 bits per heavy atom. The molecule has 1 saturated heterocycles. The first-order valence-corrected chi connectivity index (χ1v) is 9.61. The van der Waals surface area contributed by atoms with Crippen molar-refractivity contribution in [1.29, 1.82) is 0 Å². The van der Waals surface area contributed by atoms with E-state index < -0.39 is 0 Å². The van der Waals surface area contributed by atoms with Crippen LogP contribution in [0.15, 0.2) is 66.2 Å². The van der Waals surface area contributed by atoms with Gasteiger partial charge in [0.25, 0.3) is 0 Å². The number of likely N-dealkylation sites (N-methyl/N-ethyl adjacent to an activating group) is 1. The lowest BCUT2D eigenvalue weighted by Crippen LogP contribution is -2.41. The highest BCUT2D eigenvalue weighted by Gasteiger charge is 2.35. The maximum Gasteiger partial charge on any atom is 0.237 e. The van der Waals surface area contributed by atoms with Gasteiger partial charge >= 0.3 is 0 Å². The van der Waals surface area contributed by atoms with Gasteiger partial charge in [0.2, 0.25) is 5.91 Å². The average Bonchev–Trinajstić information content (AvgIpc) is 3.10. The highest BCUT2D eigenvalue weighted by atomic mass is 16.2. The van der Waals surface area contributed by atoms with E-state index in [1.54, 1.807) is 7.05 Å². The van der Waals surface area contributed by atoms with Crippen molar-refractivity contribution in [2.45, 2.75) is 32.0 Å². The highest BCUT2D eigenvalue weighted by Crippen LogP contribution is 2.21. The predicted octanol–water partition coefficient (Wildman–Crippen LogP) is 3.07. The molecule has 2 aromatic carbocycles. The van der Waals surface area contributed by atoms with Gasteiger partial charge in [0.15, 0.2) is 0 Å². The van der Waals surface area contributed by atoms with Crippen molar-refractivity contribution >= 4 is 12.0 Å². The highest BCUT2D eigenvalue weighted by molar-refractivity contribution is 5.81. The number of hydrogen-bond donors (Lipinski definition) is 2. The van der Waals surface area contributed by atoms with Crippen LogP contribution in [0.2, 0.25) is 0 Å². The van der Waals surface area contributed by atoms with Crippen molar-refractivity contribution in [2.24, 2.45) is 0 Å². The Hall–Kier alpha value is -2.43. The van der Waals surface area contributed by atoms with Gasteiger partial charge in [0.1, 0.15) is 0 Å². The van der Waals surface area contributed by atoms with E-state index in [-0.39, 0.29) is 11.9 Å². The lowest BCUT2D eigenvalue weighted by atomic mass is 10.1. The SMILES string of the molecule is CNC(=O)[C@@H]1C[C@H](NC/C(C)=C/c2ccccc2)CN1Cc1ccccc1. The minimum Gasteiger partial charge on any atom is -0.358 e. The van der Waals surface area contributed by atoms with Crippen LogP contribution in [0, 0.1) is 0 Å². The number of benzene rings is 2. The molecule has 0 radical (unpaired) electrons. The van der Waals surface area contributed by atoms with Crippen LogP contribution in [-0.2, 0) is 11.3 Å². The molecule has 2 atom stereocenters. The summed E-state index contributed by atoms with van der Waals surface area (Å²) in [7, 11) is 1.72. The van der Waals surface area contributed by atoms with Gasteiger partial charge in [0.05, 0.1) is 6.04 Å². The Balaban J connectivity index is 1.59. The van der Waals surface area contributed by atoms with Crippen LogP contribution in [0.5, 0.6) is 0 Å². The molecule has 0 aliphatic carbocycles. The smallest absolute Gasteiger partial charge is 0.237 e. The van der Waals surface area contributed by atoms with Crippen LogP contribution >= 0.6 is 0 Å². The molecule has 2 aromatic rings. The summed E-state index contributed by atoms with van der Waals surface area (Å²) in [5, 5.41) is 6.46. The van der Waals surface area contributed by atoms with Crippen molar-refractivity contribution in [3.8, 4) is 0 Å². The van der Waals surface area contributed by atoms with E-state index in [1.165, 1.54) is 16.7 Å². The third-order valence-corrected chi connectivity index (χ3v) is 5.06. The van der Waals surface area contributed by atoms with Gasteiger partial charge in [-0.25, -0.2) is 0 Å². The fourth-order valence-corrected chi connectivity index (χ4v) is 3.67. The van der Waals surface area contributed by atoms with Crippen molar-refractivity contribution in [1.82, 2.24) is 15.5 Å². The van der Waals surface area contributed by atoms with Crippen molar-refractivity contribution < 1.29 is 4.79 Å².